The molecule has 2 aromatic rings. The molecule has 0 unspecified atom stereocenters. The molecule has 2 aromatic heterocycles. The molecule has 2 heterocycles. The van der Waals surface area contributed by atoms with E-state index in [1.54, 1.807) is 17.8 Å². The fourth-order valence-corrected chi connectivity index (χ4v) is 3.01. The van der Waals surface area contributed by atoms with Gasteiger partial charge in [-0.15, -0.1) is 11.3 Å². The molecule has 6 nitrogen and oxygen atoms in total. The van der Waals surface area contributed by atoms with E-state index in [9.17, 15) is 13.2 Å². The van der Waals surface area contributed by atoms with Crippen LogP contribution in [0, 0.1) is 0 Å². The van der Waals surface area contributed by atoms with Gasteiger partial charge in [0.1, 0.15) is 4.90 Å². The van der Waals surface area contributed by atoms with Crippen molar-refractivity contribution >= 4 is 27.4 Å². The molecule has 0 saturated heterocycles. The fraction of sp³-hybridized carbons (Fsp3) is 0.100. The largest absolute Gasteiger partial charge is 0.477 e. The third kappa shape index (κ3) is 2.39. The number of carbonyl (C=O) groups is 1. The summed E-state index contributed by atoms with van der Waals surface area (Å²) >= 11 is 0.905. The topological polar surface area (TPSA) is 85.6 Å². The first-order valence-corrected chi connectivity index (χ1v) is 7.06. The van der Waals surface area contributed by atoms with Gasteiger partial charge in [0.05, 0.1) is 0 Å². The molecule has 0 fully saturated rings. The van der Waals surface area contributed by atoms with Crippen LogP contribution in [-0.4, -0.2) is 24.1 Å². The molecule has 0 radical (unpaired) electrons. The highest BCUT2D eigenvalue weighted by Gasteiger charge is 2.22. The van der Waals surface area contributed by atoms with Crippen molar-refractivity contribution in [1.29, 1.82) is 0 Å². The van der Waals surface area contributed by atoms with E-state index in [1.165, 1.54) is 23.7 Å². The van der Waals surface area contributed by atoms with Crippen LogP contribution in [-0.2, 0) is 17.2 Å². The van der Waals surface area contributed by atoms with Crippen molar-refractivity contribution in [3.8, 4) is 5.75 Å². The summed E-state index contributed by atoms with van der Waals surface area (Å²) in [5.41, 5.74) is 0. The number of aryl methyl sites for hydroxylation is 1. The summed E-state index contributed by atoms with van der Waals surface area (Å²) in [5, 5.41) is 10.3. The van der Waals surface area contributed by atoms with Gasteiger partial charge in [-0.2, -0.15) is 8.42 Å². The van der Waals surface area contributed by atoms with E-state index in [-0.39, 0.29) is 15.5 Å². The lowest BCUT2D eigenvalue weighted by atomic mass is 10.4. The zero-order chi connectivity index (χ0) is 13.3. The number of hydrogen-bond acceptors (Lipinski definition) is 5. The maximum absolute atomic E-state index is 11.9. The lowest BCUT2D eigenvalue weighted by Crippen LogP contribution is -2.10. The Balaban J connectivity index is 2.34. The van der Waals surface area contributed by atoms with E-state index in [2.05, 4.69) is 0 Å². The minimum Gasteiger partial charge on any atom is -0.477 e. The van der Waals surface area contributed by atoms with Crippen molar-refractivity contribution in [3.63, 3.8) is 0 Å². The van der Waals surface area contributed by atoms with E-state index < -0.39 is 16.1 Å². The van der Waals surface area contributed by atoms with Crippen molar-refractivity contribution in [3.05, 3.63) is 34.8 Å². The van der Waals surface area contributed by atoms with Crippen LogP contribution in [0.1, 0.15) is 9.67 Å². The number of hydrogen-bond donors (Lipinski definition) is 1. The molecule has 2 rings (SSSR count). The second-order valence-corrected chi connectivity index (χ2v) is 5.93. The van der Waals surface area contributed by atoms with Crippen LogP contribution in [0.5, 0.6) is 5.75 Å². The van der Waals surface area contributed by atoms with E-state index in [0.29, 0.717) is 0 Å². The van der Waals surface area contributed by atoms with Crippen molar-refractivity contribution in [2.24, 2.45) is 7.05 Å². The molecule has 0 aliphatic heterocycles. The highest BCUT2D eigenvalue weighted by atomic mass is 32.2. The molecule has 0 spiro atoms. The number of nitrogens with zero attached hydrogens (tertiary/aromatic N) is 1. The summed E-state index contributed by atoms with van der Waals surface area (Å²) in [5.74, 6) is -1.39. The quantitative estimate of drug-likeness (QED) is 0.862. The zero-order valence-corrected chi connectivity index (χ0v) is 10.9. The Bertz CT molecular complexity index is 683. The number of aromatic carboxylic acids is 1. The molecule has 18 heavy (non-hydrogen) atoms. The second-order valence-electron chi connectivity index (χ2n) is 3.47. The predicted molar refractivity (Wildman–Crippen MR) is 64.5 cm³/mol. The van der Waals surface area contributed by atoms with Gasteiger partial charge in [0.15, 0.2) is 10.6 Å². The van der Waals surface area contributed by atoms with Crippen LogP contribution in [0.3, 0.4) is 0 Å². The molecule has 0 amide bonds. The van der Waals surface area contributed by atoms with Gasteiger partial charge in [-0.25, -0.2) is 4.79 Å². The normalized spacial score (nSPS) is 11.4. The van der Waals surface area contributed by atoms with Gasteiger partial charge in [0, 0.05) is 19.4 Å². The average molecular weight is 287 g/mol. The minimum atomic E-state index is -4.00. The number of rotatable bonds is 4. The molecular formula is C10H9NO5S2. The molecule has 0 aliphatic carbocycles. The molecule has 0 aliphatic rings. The van der Waals surface area contributed by atoms with Crippen molar-refractivity contribution < 1.29 is 22.5 Å². The standard InChI is InChI=1S/C10H9NO5S2/c1-11-4-2-7(6-11)18(14,15)16-8-3-5-17-9(8)10(12)13/h2-6H,1H3,(H,12,13). The number of thiophene rings is 1. The van der Waals surface area contributed by atoms with Crippen molar-refractivity contribution in [1.82, 2.24) is 4.57 Å². The Labute approximate surface area is 107 Å². The first-order chi connectivity index (χ1) is 8.40. The van der Waals surface area contributed by atoms with Gasteiger partial charge in [-0.3, -0.25) is 0 Å². The van der Waals surface area contributed by atoms with E-state index in [4.69, 9.17) is 9.29 Å². The first-order valence-electron chi connectivity index (χ1n) is 4.77. The van der Waals surface area contributed by atoms with E-state index >= 15 is 0 Å². The second kappa shape index (κ2) is 4.46. The molecule has 1 N–H and O–H groups in total. The molecule has 0 bridgehead atoms. The van der Waals surface area contributed by atoms with Crippen LogP contribution in [0.2, 0.25) is 0 Å². The zero-order valence-electron chi connectivity index (χ0n) is 9.23. The highest BCUT2D eigenvalue weighted by molar-refractivity contribution is 7.87. The van der Waals surface area contributed by atoms with Gasteiger partial charge in [0.25, 0.3) is 0 Å². The lowest BCUT2D eigenvalue weighted by molar-refractivity contribution is 0.0700. The van der Waals surface area contributed by atoms with E-state index in [1.807, 2.05) is 0 Å². The predicted octanol–water partition coefficient (Wildman–Crippen LogP) is 1.55. The monoisotopic (exact) mass is 287 g/mol. The van der Waals surface area contributed by atoms with E-state index in [0.717, 1.165) is 11.3 Å². The minimum absolute atomic E-state index is 0.0208. The summed E-state index contributed by atoms with van der Waals surface area (Å²) in [6, 6.07) is 2.69. The third-order valence-corrected chi connectivity index (χ3v) is 4.22. The van der Waals surface area contributed by atoms with Gasteiger partial charge in [-0.1, -0.05) is 0 Å². The van der Waals surface area contributed by atoms with Gasteiger partial charge >= 0.3 is 16.1 Å². The van der Waals surface area contributed by atoms with Gasteiger partial charge in [-0.05, 0) is 17.5 Å². The number of aromatic nitrogens is 1. The average Bonchev–Trinajstić information content (AvgIpc) is 2.86. The molecule has 0 aromatic carbocycles. The summed E-state index contributed by atoms with van der Waals surface area (Å²) in [6.45, 7) is 0. The summed E-state index contributed by atoms with van der Waals surface area (Å²) in [4.78, 5) is 10.7. The summed E-state index contributed by atoms with van der Waals surface area (Å²) in [6.07, 6.45) is 2.93. The van der Waals surface area contributed by atoms with Gasteiger partial charge in [0.2, 0.25) is 0 Å². The Hall–Kier alpha value is -1.80. The lowest BCUT2D eigenvalue weighted by Gasteiger charge is -2.04. The third-order valence-electron chi connectivity index (χ3n) is 2.12. The summed E-state index contributed by atoms with van der Waals surface area (Å²) in [7, 11) is -2.32. The maximum Gasteiger partial charge on any atom is 0.349 e. The smallest absolute Gasteiger partial charge is 0.349 e. The molecule has 8 heteroatoms. The molecule has 0 saturated carbocycles. The molecule has 0 atom stereocenters. The molecule has 96 valence electrons. The highest BCUT2D eigenvalue weighted by Crippen LogP contribution is 2.27. The van der Waals surface area contributed by atoms with Gasteiger partial charge < -0.3 is 13.9 Å². The van der Waals surface area contributed by atoms with Crippen LogP contribution >= 0.6 is 11.3 Å². The van der Waals surface area contributed by atoms with Crippen LogP contribution in [0.4, 0.5) is 0 Å². The Kier molecular flexibility index (Phi) is 3.14. The Morgan fingerprint density at radius 2 is 2.17 bits per heavy atom. The summed E-state index contributed by atoms with van der Waals surface area (Å²) < 4.78 is 30.1. The number of carboxylic acid groups (broad SMARTS) is 1. The van der Waals surface area contributed by atoms with Crippen LogP contribution < -0.4 is 4.18 Å². The fourth-order valence-electron chi connectivity index (χ4n) is 1.31. The Morgan fingerprint density at radius 3 is 2.72 bits per heavy atom. The number of carboxylic acids is 1. The SMILES string of the molecule is Cn1ccc(S(=O)(=O)Oc2ccsc2C(=O)O)c1. The van der Waals surface area contributed by atoms with Crippen molar-refractivity contribution in [2.45, 2.75) is 4.90 Å². The Morgan fingerprint density at radius 1 is 1.44 bits per heavy atom. The first kappa shape index (κ1) is 12.7. The van der Waals surface area contributed by atoms with Crippen molar-refractivity contribution in [2.75, 3.05) is 0 Å². The maximum atomic E-state index is 11.9. The van der Waals surface area contributed by atoms with Crippen LogP contribution in [0.15, 0.2) is 34.8 Å². The van der Waals surface area contributed by atoms with Crippen LogP contribution in [0.25, 0.3) is 0 Å². The molecular weight excluding hydrogens is 278 g/mol.